The predicted octanol–water partition coefficient (Wildman–Crippen LogP) is 3.67. The summed E-state index contributed by atoms with van der Waals surface area (Å²) < 4.78 is 1.14. The number of hydrogen-bond donors (Lipinski definition) is 1. The molecule has 0 bridgehead atoms. The predicted molar refractivity (Wildman–Crippen MR) is 66.7 cm³/mol. The van der Waals surface area contributed by atoms with Gasteiger partial charge in [-0.1, -0.05) is 24.3 Å². The zero-order valence-electron chi connectivity index (χ0n) is 8.92. The van der Waals surface area contributed by atoms with Crippen LogP contribution in [0.2, 0.25) is 0 Å². The second kappa shape index (κ2) is 5.10. The van der Waals surface area contributed by atoms with Crippen molar-refractivity contribution in [2.24, 2.45) is 0 Å². The number of fused-ring (bicyclic) bond motifs is 1. The van der Waals surface area contributed by atoms with Gasteiger partial charge in [-0.05, 0) is 24.3 Å². The van der Waals surface area contributed by atoms with E-state index >= 15 is 0 Å². The number of aromatic nitrogens is 1. The van der Waals surface area contributed by atoms with Gasteiger partial charge in [-0.25, -0.2) is 4.98 Å². The van der Waals surface area contributed by atoms with Crippen molar-refractivity contribution in [1.29, 1.82) is 0 Å². The minimum atomic E-state index is 0. The van der Waals surface area contributed by atoms with Gasteiger partial charge in [0, 0.05) is 25.8 Å². The maximum Gasteiger partial charge on any atom is 0.128 e. The standard InChI is InChI=1S/C13H9NOS.Hf/c15-11-7-3-1-5-9(11)13-14-10-6-2-4-8-12(10)16-13;/h1-8,15H;. The summed E-state index contributed by atoms with van der Waals surface area (Å²) in [6.07, 6.45) is 0. The molecule has 3 rings (SSSR count). The van der Waals surface area contributed by atoms with Crippen molar-refractivity contribution in [3.05, 3.63) is 48.5 Å². The molecular formula is C13H9HfNOS. The van der Waals surface area contributed by atoms with Crippen molar-refractivity contribution in [2.75, 3.05) is 0 Å². The molecule has 0 radical (unpaired) electrons. The number of phenols is 1. The maximum absolute atomic E-state index is 9.76. The van der Waals surface area contributed by atoms with Crippen molar-refractivity contribution < 1.29 is 30.9 Å². The van der Waals surface area contributed by atoms with E-state index in [-0.39, 0.29) is 31.6 Å². The van der Waals surface area contributed by atoms with Gasteiger partial charge >= 0.3 is 0 Å². The van der Waals surface area contributed by atoms with Gasteiger partial charge in [0.2, 0.25) is 0 Å². The van der Waals surface area contributed by atoms with Crippen molar-refractivity contribution >= 4 is 21.6 Å². The number of phenolic OH excluding ortho intramolecular Hbond substituents is 1. The molecule has 3 aromatic rings. The molecule has 0 unspecified atom stereocenters. The molecular weight excluding hydrogens is 397 g/mol. The Bertz CT molecular complexity index is 617. The fraction of sp³-hybridized carbons (Fsp3) is 0. The molecule has 0 saturated carbocycles. The minimum Gasteiger partial charge on any atom is -0.507 e. The Kier molecular flexibility index (Phi) is 3.74. The summed E-state index contributed by atoms with van der Waals surface area (Å²) in [7, 11) is 0. The molecule has 2 aromatic carbocycles. The van der Waals surface area contributed by atoms with Crippen LogP contribution in [-0.2, 0) is 25.8 Å². The van der Waals surface area contributed by atoms with Crippen LogP contribution >= 0.6 is 11.3 Å². The summed E-state index contributed by atoms with van der Waals surface area (Å²) in [6.45, 7) is 0. The van der Waals surface area contributed by atoms with Crippen LogP contribution in [0.5, 0.6) is 5.75 Å². The molecule has 0 aliphatic heterocycles. The van der Waals surface area contributed by atoms with E-state index in [2.05, 4.69) is 4.98 Å². The molecule has 0 saturated heterocycles. The van der Waals surface area contributed by atoms with Gasteiger partial charge in [0.05, 0.1) is 15.8 Å². The van der Waals surface area contributed by atoms with Crippen molar-refractivity contribution in [2.45, 2.75) is 0 Å². The van der Waals surface area contributed by atoms with Crippen LogP contribution < -0.4 is 0 Å². The van der Waals surface area contributed by atoms with E-state index in [4.69, 9.17) is 0 Å². The first kappa shape index (κ1) is 12.5. The minimum absolute atomic E-state index is 0. The number of benzene rings is 2. The summed E-state index contributed by atoms with van der Waals surface area (Å²) >= 11 is 1.59. The third-order valence-corrected chi connectivity index (χ3v) is 3.50. The number of hydrogen-bond acceptors (Lipinski definition) is 3. The molecule has 1 heterocycles. The third kappa shape index (κ3) is 2.33. The van der Waals surface area contributed by atoms with E-state index in [0.29, 0.717) is 0 Å². The number of para-hydroxylation sites is 2. The number of rotatable bonds is 1. The fourth-order valence-corrected chi connectivity index (χ4v) is 2.64. The molecule has 2 nitrogen and oxygen atoms in total. The third-order valence-electron chi connectivity index (χ3n) is 2.43. The second-order valence-corrected chi connectivity index (χ2v) is 4.53. The molecule has 82 valence electrons. The Balaban J connectivity index is 0.00000108. The molecule has 0 spiro atoms. The molecule has 0 atom stereocenters. The van der Waals surface area contributed by atoms with Crippen LogP contribution in [0.25, 0.3) is 20.8 Å². The zero-order chi connectivity index (χ0) is 11.0. The van der Waals surface area contributed by atoms with E-state index < -0.39 is 0 Å². The first-order valence-electron chi connectivity index (χ1n) is 4.98. The van der Waals surface area contributed by atoms with Gasteiger partial charge in [0.1, 0.15) is 10.8 Å². The fourth-order valence-electron chi connectivity index (χ4n) is 1.64. The Morgan fingerprint density at radius 3 is 2.41 bits per heavy atom. The molecule has 0 aliphatic carbocycles. The van der Waals surface area contributed by atoms with E-state index in [1.165, 1.54) is 0 Å². The van der Waals surface area contributed by atoms with Crippen molar-refractivity contribution in [3.8, 4) is 16.3 Å². The van der Waals surface area contributed by atoms with Gasteiger partial charge in [-0.2, -0.15) is 0 Å². The van der Waals surface area contributed by atoms with Gasteiger partial charge in [0.25, 0.3) is 0 Å². The van der Waals surface area contributed by atoms with Gasteiger partial charge < -0.3 is 5.11 Å². The van der Waals surface area contributed by atoms with Crippen LogP contribution in [0.15, 0.2) is 48.5 Å². The normalized spacial score (nSPS) is 10.1. The summed E-state index contributed by atoms with van der Waals surface area (Å²) in [5, 5.41) is 10.6. The molecule has 4 heteroatoms. The largest absolute Gasteiger partial charge is 0.507 e. The Hall–Kier alpha value is -1.000. The van der Waals surface area contributed by atoms with Crippen LogP contribution in [0.4, 0.5) is 0 Å². The maximum atomic E-state index is 9.76. The number of nitrogens with zero attached hydrogens (tertiary/aromatic N) is 1. The van der Waals surface area contributed by atoms with E-state index in [9.17, 15) is 5.11 Å². The Labute approximate surface area is 122 Å². The smallest absolute Gasteiger partial charge is 0.128 e. The van der Waals surface area contributed by atoms with Crippen LogP contribution in [0.3, 0.4) is 0 Å². The Morgan fingerprint density at radius 2 is 1.65 bits per heavy atom. The molecule has 0 aliphatic rings. The van der Waals surface area contributed by atoms with Gasteiger partial charge in [-0.15, -0.1) is 11.3 Å². The van der Waals surface area contributed by atoms with Crippen LogP contribution in [-0.4, -0.2) is 10.1 Å². The van der Waals surface area contributed by atoms with E-state index in [0.717, 1.165) is 20.8 Å². The zero-order valence-corrected chi connectivity index (χ0v) is 13.3. The Morgan fingerprint density at radius 1 is 0.941 bits per heavy atom. The number of thiazole rings is 1. The van der Waals surface area contributed by atoms with Crippen molar-refractivity contribution in [1.82, 2.24) is 4.98 Å². The molecule has 1 aromatic heterocycles. The first-order chi connectivity index (χ1) is 7.84. The average Bonchev–Trinajstić information content (AvgIpc) is 2.73. The summed E-state index contributed by atoms with van der Waals surface area (Å²) in [6, 6.07) is 15.3. The monoisotopic (exact) mass is 407 g/mol. The first-order valence-corrected chi connectivity index (χ1v) is 5.80. The molecule has 17 heavy (non-hydrogen) atoms. The topological polar surface area (TPSA) is 33.1 Å². The van der Waals surface area contributed by atoms with Crippen LogP contribution in [0.1, 0.15) is 0 Å². The SMILES string of the molecule is Oc1ccccc1-c1nc2ccccc2s1.[Hf]. The second-order valence-electron chi connectivity index (χ2n) is 3.50. The molecule has 1 N–H and O–H groups in total. The van der Waals surface area contributed by atoms with Gasteiger partial charge in [-0.3, -0.25) is 0 Å². The molecule has 0 amide bonds. The van der Waals surface area contributed by atoms with E-state index in [1.807, 2.05) is 42.5 Å². The molecule has 0 fully saturated rings. The van der Waals surface area contributed by atoms with Crippen LogP contribution in [0, 0.1) is 0 Å². The number of aromatic hydroxyl groups is 1. The summed E-state index contributed by atoms with van der Waals surface area (Å²) in [5.41, 5.74) is 1.77. The quantitative estimate of drug-likeness (QED) is 0.627. The summed E-state index contributed by atoms with van der Waals surface area (Å²) in [5.74, 6) is 0.279. The van der Waals surface area contributed by atoms with Gasteiger partial charge in [0.15, 0.2) is 0 Å². The average molecular weight is 406 g/mol. The summed E-state index contributed by atoms with van der Waals surface area (Å²) in [4.78, 5) is 4.50. The van der Waals surface area contributed by atoms with E-state index in [1.54, 1.807) is 17.4 Å². The van der Waals surface area contributed by atoms with Crippen molar-refractivity contribution in [3.63, 3.8) is 0 Å².